The topological polar surface area (TPSA) is 40.5 Å². The van der Waals surface area contributed by atoms with Gasteiger partial charge in [-0.25, -0.2) is 0 Å². The molecule has 0 saturated heterocycles. The SMILES string of the molecule is CCCN(C(C)CCC(=O)O)C1CC1. The molecule has 0 amide bonds. The summed E-state index contributed by atoms with van der Waals surface area (Å²) in [5.74, 6) is -0.677. The molecule has 0 aromatic carbocycles. The third-order valence-electron chi connectivity index (χ3n) is 2.84. The number of nitrogens with zero attached hydrogens (tertiary/aromatic N) is 1. The maximum Gasteiger partial charge on any atom is 0.303 e. The van der Waals surface area contributed by atoms with Crippen molar-refractivity contribution in [3.05, 3.63) is 0 Å². The van der Waals surface area contributed by atoms with Crippen LogP contribution in [0.1, 0.15) is 46.0 Å². The Morgan fingerprint density at radius 2 is 2.21 bits per heavy atom. The van der Waals surface area contributed by atoms with Crippen LogP contribution in [0.3, 0.4) is 0 Å². The number of carboxylic acid groups (broad SMARTS) is 1. The van der Waals surface area contributed by atoms with E-state index in [0.717, 1.165) is 25.4 Å². The van der Waals surface area contributed by atoms with Gasteiger partial charge in [0.15, 0.2) is 0 Å². The lowest BCUT2D eigenvalue weighted by Crippen LogP contribution is -2.36. The number of aliphatic carboxylic acids is 1. The molecule has 1 aliphatic rings. The van der Waals surface area contributed by atoms with E-state index in [0.29, 0.717) is 12.5 Å². The summed E-state index contributed by atoms with van der Waals surface area (Å²) < 4.78 is 0. The van der Waals surface area contributed by atoms with Crippen LogP contribution in [0.15, 0.2) is 0 Å². The Hall–Kier alpha value is -0.570. The third kappa shape index (κ3) is 3.66. The highest BCUT2D eigenvalue weighted by Crippen LogP contribution is 2.29. The summed E-state index contributed by atoms with van der Waals surface area (Å²) in [6.07, 6.45) is 4.85. The molecular weight excluding hydrogens is 178 g/mol. The van der Waals surface area contributed by atoms with Gasteiger partial charge in [0.05, 0.1) is 0 Å². The van der Waals surface area contributed by atoms with Gasteiger partial charge in [0.1, 0.15) is 0 Å². The molecule has 0 spiro atoms. The molecule has 3 heteroatoms. The zero-order valence-corrected chi connectivity index (χ0v) is 9.20. The smallest absolute Gasteiger partial charge is 0.303 e. The highest BCUT2D eigenvalue weighted by atomic mass is 16.4. The number of carboxylic acids is 1. The number of hydrogen-bond acceptors (Lipinski definition) is 2. The van der Waals surface area contributed by atoms with Crippen molar-refractivity contribution >= 4 is 5.97 Å². The maximum atomic E-state index is 10.5. The van der Waals surface area contributed by atoms with Crippen molar-refractivity contribution in [2.24, 2.45) is 0 Å². The Morgan fingerprint density at radius 3 is 2.64 bits per heavy atom. The van der Waals surface area contributed by atoms with E-state index in [4.69, 9.17) is 5.11 Å². The van der Waals surface area contributed by atoms with Gasteiger partial charge in [-0.05, 0) is 39.2 Å². The van der Waals surface area contributed by atoms with Crippen LogP contribution in [0, 0.1) is 0 Å². The van der Waals surface area contributed by atoms with Crippen molar-refractivity contribution in [3.8, 4) is 0 Å². The van der Waals surface area contributed by atoms with Gasteiger partial charge >= 0.3 is 5.97 Å². The van der Waals surface area contributed by atoms with Crippen LogP contribution >= 0.6 is 0 Å². The zero-order valence-electron chi connectivity index (χ0n) is 9.20. The number of hydrogen-bond donors (Lipinski definition) is 1. The molecule has 0 aliphatic heterocycles. The Kier molecular flexibility index (Phi) is 4.39. The summed E-state index contributed by atoms with van der Waals surface area (Å²) in [5, 5.41) is 8.61. The fourth-order valence-corrected chi connectivity index (χ4v) is 1.93. The number of carbonyl (C=O) groups is 1. The molecule has 82 valence electrons. The van der Waals surface area contributed by atoms with E-state index in [2.05, 4.69) is 18.7 Å². The van der Waals surface area contributed by atoms with E-state index in [1.165, 1.54) is 12.8 Å². The van der Waals surface area contributed by atoms with E-state index >= 15 is 0 Å². The van der Waals surface area contributed by atoms with Gasteiger partial charge in [-0.2, -0.15) is 0 Å². The highest BCUT2D eigenvalue weighted by molar-refractivity contribution is 5.66. The van der Waals surface area contributed by atoms with Gasteiger partial charge in [-0.1, -0.05) is 6.92 Å². The molecule has 1 rings (SSSR count). The second-order valence-electron chi connectivity index (χ2n) is 4.25. The lowest BCUT2D eigenvalue weighted by Gasteiger charge is -2.28. The molecule has 1 aliphatic carbocycles. The molecule has 1 N–H and O–H groups in total. The monoisotopic (exact) mass is 199 g/mol. The Morgan fingerprint density at radius 1 is 1.57 bits per heavy atom. The second-order valence-corrected chi connectivity index (χ2v) is 4.25. The Labute approximate surface area is 86.1 Å². The minimum atomic E-state index is -0.677. The summed E-state index contributed by atoms with van der Waals surface area (Å²) >= 11 is 0. The van der Waals surface area contributed by atoms with Crippen molar-refractivity contribution in [1.82, 2.24) is 4.90 Å². The van der Waals surface area contributed by atoms with Crippen LogP contribution in [-0.2, 0) is 4.79 Å². The summed E-state index contributed by atoms with van der Waals surface area (Å²) in [6.45, 7) is 5.45. The van der Waals surface area contributed by atoms with Crippen LogP contribution in [0.25, 0.3) is 0 Å². The number of rotatable bonds is 7. The van der Waals surface area contributed by atoms with Gasteiger partial charge in [0.2, 0.25) is 0 Å². The molecule has 1 fully saturated rings. The van der Waals surface area contributed by atoms with Crippen LogP contribution < -0.4 is 0 Å². The Bertz CT molecular complexity index is 190. The van der Waals surface area contributed by atoms with Crippen LogP contribution in [-0.4, -0.2) is 34.6 Å². The first-order chi connectivity index (χ1) is 6.65. The molecule has 1 unspecified atom stereocenters. The minimum absolute atomic E-state index is 0.300. The van der Waals surface area contributed by atoms with Crippen LogP contribution in [0.2, 0.25) is 0 Å². The van der Waals surface area contributed by atoms with Crippen molar-refractivity contribution < 1.29 is 9.90 Å². The quantitative estimate of drug-likeness (QED) is 0.682. The minimum Gasteiger partial charge on any atom is -0.481 e. The van der Waals surface area contributed by atoms with Crippen LogP contribution in [0.4, 0.5) is 0 Å². The fraction of sp³-hybridized carbons (Fsp3) is 0.909. The van der Waals surface area contributed by atoms with E-state index in [9.17, 15) is 4.79 Å². The first-order valence-corrected chi connectivity index (χ1v) is 5.62. The van der Waals surface area contributed by atoms with Gasteiger partial charge < -0.3 is 5.11 Å². The summed E-state index contributed by atoms with van der Waals surface area (Å²) in [4.78, 5) is 12.9. The molecule has 0 heterocycles. The summed E-state index contributed by atoms with van der Waals surface area (Å²) in [6, 6.07) is 1.18. The lowest BCUT2D eigenvalue weighted by atomic mass is 10.1. The van der Waals surface area contributed by atoms with E-state index in [1.807, 2.05) is 0 Å². The Balaban J connectivity index is 2.29. The molecule has 0 aromatic rings. The van der Waals surface area contributed by atoms with Crippen molar-refractivity contribution in [3.63, 3.8) is 0 Å². The molecule has 1 saturated carbocycles. The van der Waals surface area contributed by atoms with Gasteiger partial charge in [-0.15, -0.1) is 0 Å². The first kappa shape index (κ1) is 11.5. The average molecular weight is 199 g/mol. The zero-order chi connectivity index (χ0) is 10.6. The second kappa shape index (κ2) is 5.35. The average Bonchev–Trinajstić information content (AvgIpc) is 2.93. The molecular formula is C11H21NO2. The van der Waals surface area contributed by atoms with Gasteiger partial charge in [0.25, 0.3) is 0 Å². The molecule has 0 aromatic heterocycles. The highest BCUT2D eigenvalue weighted by Gasteiger charge is 2.31. The van der Waals surface area contributed by atoms with Crippen molar-refractivity contribution in [2.45, 2.75) is 58.0 Å². The first-order valence-electron chi connectivity index (χ1n) is 5.62. The van der Waals surface area contributed by atoms with Crippen LogP contribution in [0.5, 0.6) is 0 Å². The van der Waals surface area contributed by atoms with Gasteiger partial charge in [0, 0.05) is 18.5 Å². The summed E-state index contributed by atoms with van der Waals surface area (Å²) in [7, 11) is 0. The summed E-state index contributed by atoms with van der Waals surface area (Å²) in [5.41, 5.74) is 0. The van der Waals surface area contributed by atoms with Crippen molar-refractivity contribution in [1.29, 1.82) is 0 Å². The maximum absolute atomic E-state index is 10.5. The van der Waals surface area contributed by atoms with E-state index in [1.54, 1.807) is 0 Å². The standard InChI is InChI=1S/C11H21NO2/c1-3-8-12(10-5-6-10)9(2)4-7-11(13)14/h9-10H,3-8H2,1-2H3,(H,13,14). The van der Waals surface area contributed by atoms with Crippen molar-refractivity contribution in [2.75, 3.05) is 6.54 Å². The molecule has 14 heavy (non-hydrogen) atoms. The van der Waals surface area contributed by atoms with Gasteiger partial charge in [-0.3, -0.25) is 9.69 Å². The molecule has 0 radical (unpaired) electrons. The predicted octanol–water partition coefficient (Wildman–Crippen LogP) is 2.11. The largest absolute Gasteiger partial charge is 0.481 e. The molecule has 0 bridgehead atoms. The van der Waals surface area contributed by atoms with E-state index in [-0.39, 0.29) is 0 Å². The molecule has 1 atom stereocenters. The normalized spacial score (nSPS) is 18.5. The predicted molar refractivity (Wildman–Crippen MR) is 56.4 cm³/mol. The van der Waals surface area contributed by atoms with E-state index < -0.39 is 5.97 Å². The fourth-order valence-electron chi connectivity index (χ4n) is 1.93. The lowest BCUT2D eigenvalue weighted by molar-refractivity contribution is -0.137. The molecule has 3 nitrogen and oxygen atoms in total. The third-order valence-corrected chi connectivity index (χ3v) is 2.84.